The summed E-state index contributed by atoms with van der Waals surface area (Å²) in [6.07, 6.45) is 4.14. The van der Waals surface area contributed by atoms with Gasteiger partial charge in [0, 0.05) is 6.26 Å². The molecule has 0 saturated carbocycles. The van der Waals surface area contributed by atoms with Gasteiger partial charge >= 0.3 is 5.82 Å². The number of halogens is 1. The van der Waals surface area contributed by atoms with Crippen molar-refractivity contribution in [3.63, 3.8) is 0 Å². The molecule has 9 heteroatoms. The van der Waals surface area contributed by atoms with Gasteiger partial charge in [0.05, 0.1) is 19.4 Å². The van der Waals surface area contributed by atoms with E-state index in [0.717, 1.165) is 5.69 Å². The van der Waals surface area contributed by atoms with E-state index in [1.807, 2.05) is 0 Å². The van der Waals surface area contributed by atoms with Gasteiger partial charge < -0.3 is 22.4 Å². The number of hydrogen-bond acceptors (Lipinski definition) is 5. The van der Waals surface area contributed by atoms with Gasteiger partial charge in [0.15, 0.2) is 11.9 Å². The van der Waals surface area contributed by atoms with Crippen LogP contribution in [0.15, 0.2) is 11.4 Å². The molecular formula is C9H16ClN3O4S. The predicted molar refractivity (Wildman–Crippen MR) is 60.7 cm³/mol. The molecule has 0 aliphatic carbocycles. The van der Waals surface area contributed by atoms with Crippen LogP contribution in [0.1, 0.15) is 11.5 Å². The summed E-state index contributed by atoms with van der Waals surface area (Å²) in [5, 5.41) is 11.3. The predicted octanol–water partition coefficient (Wildman–Crippen LogP) is -3.79. The maximum atomic E-state index is 10.9. The van der Waals surface area contributed by atoms with E-state index in [4.69, 9.17) is 9.94 Å². The lowest BCUT2D eigenvalue weighted by molar-refractivity contribution is -0.680. The van der Waals surface area contributed by atoms with Gasteiger partial charge in [0.2, 0.25) is 0 Å². The lowest BCUT2D eigenvalue weighted by Crippen LogP contribution is -3.00. The normalized spacial score (nSPS) is 11.7. The molecule has 0 aliphatic heterocycles. The highest BCUT2D eigenvalue weighted by Gasteiger charge is 2.12. The zero-order valence-electron chi connectivity index (χ0n) is 10.1. The fourth-order valence-electron chi connectivity index (χ4n) is 1.21. The van der Waals surface area contributed by atoms with Crippen LogP contribution >= 0.6 is 0 Å². The summed E-state index contributed by atoms with van der Waals surface area (Å²) in [6, 6.07) is 0. The van der Waals surface area contributed by atoms with Gasteiger partial charge in [0.1, 0.15) is 22.6 Å². The fraction of sp³-hybridized carbons (Fsp3) is 0.556. The summed E-state index contributed by atoms with van der Waals surface area (Å²) in [4.78, 5) is 2.89. The second-order valence-corrected chi connectivity index (χ2v) is 5.91. The minimum absolute atomic E-state index is 0. The van der Waals surface area contributed by atoms with Crippen LogP contribution in [0.5, 0.6) is 0 Å². The molecule has 18 heavy (non-hydrogen) atoms. The van der Waals surface area contributed by atoms with E-state index in [2.05, 4.69) is 10.1 Å². The highest BCUT2D eigenvalue weighted by atomic mass is 35.5. The molecule has 1 aromatic heterocycles. The molecule has 7 nitrogen and oxygen atoms in total. The lowest BCUT2D eigenvalue weighted by atomic mass is 10.5. The average molecular weight is 298 g/mol. The third kappa shape index (κ3) is 5.48. The molecule has 0 atom stereocenters. The van der Waals surface area contributed by atoms with Crippen LogP contribution in [0.25, 0.3) is 0 Å². The zero-order valence-corrected chi connectivity index (χ0v) is 11.7. The van der Waals surface area contributed by atoms with Crippen molar-refractivity contribution in [1.82, 2.24) is 4.98 Å². The second kappa shape index (κ2) is 7.34. The first-order valence-electron chi connectivity index (χ1n) is 4.93. The van der Waals surface area contributed by atoms with E-state index in [-0.39, 0.29) is 24.8 Å². The Morgan fingerprint density at radius 3 is 2.83 bits per heavy atom. The Bertz CT molecular complexity index is 498. The minimum Gasteiger partial charge on any atom is -1.00 e. The molecular weight excluding hydrogens is 282 g/mol. The first-order valence-corrected chi connectivity index (χ1v) is 6.99. The molecule has 0 fully saturated rings. The number of aromatic nitrogens is 2. The molecule has 0 bridgehead atoms. The lowest BCUT2D eigenvalue weighted by Gasteiger charge is -2.00. The van der Waals surface area contributed by atoms with Gasteiger partial charge in [0.25, 0.3) is 0 Å². The number of H-pyrrole nitrogens is 1. The molecule has 0 radical (unpaired) electrons. The summed E-state index contributed by atoms with van der Waals surface area (Å²) in [7, 11) is -1.21. The molecule has 104 valence electrons. The summed E-state index contributed by atoms with van der Waals surface area (Å²) in [5.41, 5.74) is 0.827. The van der Waals surface area contributed by atoms with Crippen LogP contribution in [0.4, 0.5) is 0 Å². The van der Waals surface area contributed by atoms with Crippen LogP contribution < -0.4 is 17.0 Å². The standard InChI is InChI=1S/C9H15N3O4S.ClH/c1-12-8(5-10-9(12)6-11-13)7-16-3-4-17(2,14)15;/h5-6H,3-4,7H2,1-2H3,(H,10,13);1H. The van der Waals surface area contributed by atoms with Gasteiger partial charge in [-0.2, -0.15) is 0 Å². The average Bonchev–Trinajstić information content (AvgIpc) is 2.55. The van der Waals surface area contributed by atoms with Crippen LogP contribution in [0.3, 0.4) is 0 Å². The molecule has 1 aromatic rings. The zero-order chi connectivity index (χ0) is 12.9. The SMILES string of the molecule is C[n+]1c(COCCS(C)(=O)=O)c[nH]c1C=NO.[Cl-]. The fourth-order valence-corrected chi connectivity index (χ4v) is 1.63. The summed E-state index contributed by atoms with van der Waals surface area (Å²) < 4.78 is 28.7. The van der Waals surface area contributed by atoms with E-state index < -0.39 is 9.84 Å². The molecule has 1 rings (SSSR count). The van der Waals surface area contributed by atoms with Crippen molar-refractivity contribution >= 4 is 16.1 Å². The van der Waals surface area contributed by atoms with Crippen molar-refractivity contribution in [2.45, 2.75) is 6.61 Å². The summed E-state index contributed by atoms with van der Waals surface area (Å²) in [5.74, 6) is 0.626. The van der Waals surface area contributed by atoms with Gasteiger partial charge in [-0.3, -0.25) is 0 Å². The highest BCUT2D eigenvalue weighted by Crippen LogP contribution is 1.95. The number of nitrogens with one attached hydrogen (secondary N) is 1. The van der Waals surface area contributed by atoms with E-state index in [1.54, 1.807) is 17.8 Å². The molecule has 0 aliphatic rings. The Labute approximate surface area is 112 Å². The van der Waals surface area contributed by atoms with Crippen LogP contribution in [0, 0.1) is 0 Å². The quantitative estimate of drug-likeness (QED) is 0.185. The smallest absolute Gasteiger partial charge is 0.301 e. The van der Waals surface area contributed by atoms with Crippen LogP contribution in [0.2, 0.25) is 0 Å². The summed E-state index contributed by atoms with van der Waals surface area (Å²) in [6.45, 7) is 0.454. The van der Waals surface area contributed by atoms with Gasteiger partial charge in [-0.25, -0.2) is 18.0 Å². The minimum atomic E-state index is -2.99. The monoisotopic (exact) mass is 297 g/mol. The van der Waals surface area contributed by atoms with Crippen molar-refractivity contribution < 1.29 is 35.3 Å². The van der Waals surface area contributed by atoms with E-state index >= 15 is 0 Å². The maximum Gasteiger partial charge on any atom is 0.301 e. The molecule has 0 saturated heterocycles. The highest BCUT2D eigenvalue weighted by molar-refractivity contribution is 7.90. The maximum absolute atomic E-state index is 10.9. The number of oxime groups is 1. The number of sulfone groups is 1. The largest absolute Gasteiger partial charge is 1.00 e. The molecule has 1 heterocycles. The van der Waals surface area contributed by atoms with Gasteiger partial charge in [-0.1, -0.05) is 5.16 Å². The van der Waals surface area contributed by atoms with Crippen LogP contribution in [-0.4, -0.2) is 43.4 Å². The number of hydrogen-bond donors (Lipinski definition) is 2. The van der Waals surface area contributed by atoms with Gasteiger partial charge in [-0.05, 0) is 0 Å². The first kappa shape index (κ1) is 16.9. The Kier molecular flexibility index (Phi) is 6.89. The molecule has 0 spiro atoms. The van der Waals surface area contributed by atoms with Crippen molar-refractivity contribution in [3.8, 4) is 0 Å². The molecule has 2 N–H and O–H groups in total. The van der Waals surface area contributed by atoms with Crippen LogP contribution in [-0.2, 0) is 28.2 Å². The molecule has 0 unspecified atom stereocenters. The number of imidazole rings is 1. The van der Waals surface area contributed by atoms with Gasteiger partial charge in [-0.15, -0.1) is 0 Å². The molecule has 0 amide bonds. The third-order valence-corrected chi connectivity index (χ3v) is 3.12. The van der Waals surface area contributed by atoms with Crippen molar-refractivity contribution in [2.24, 2.45) is 12.2 Å². The Balaban J connectivity index is 0.00000289. The van der Waals surface area contributed by atoms with Crippen molar-refractivity contribution in [1.29, 1.82) is 0 Å². The van der Waals surface area contributed by atoms with E-state index in [0.29, 0.717) is 12.4 Å². The summed E-state index contributed by atoms with van der Waals surface area (Å²) >= 11 is 0. The number of nitrogens with zero attached hydrogens (tertiary/aromatic N) is 2. The number of ether oxygens (including phenoxy) is 1. The third-order valence-electron chi connectivity index (χ3n) is 2.21. The second-order valence-electron chi connectivity index (χ2n) is 3.65. The van der Waals surface area contributed by atoms with E-state index in [1.165, 1.54) is 12.5 Å². The first-order chi connectivity index (χ1) is 7.94. The molecule has 0 aromatic carbocycles. The number of aromatic amines is 1. The Hall–Kier alpha value is -1.12. The Morgan fingerprint density at radius 1 is 1.61 bits per heavy atom. The van der Waals surface area contributed by atoms with E-state index in [9.17, 15) is 8.42 Å². The topological polar surface area (TPSA) is 95.6 Å². The number of rotatable bonds is 6. The van der Waals surface area contributed by atoms with Crippen molar-refractivity contribution in [3.05, 3.63) is 17.7 Å². The Morgan fingerprint density at radius 2 is 2.28 bits per heavy atom. The van der Waals surface area contributed by atoms with Crippen molar-refractivity contribution in [2.75, 3.05) is 18.6 Å².